The summed E-state index contributed by atoms with van der Waals surface area (Å²) in [6.45, 7) is 2.93. The van der Waals surface area contributed by atoms with E-state index in [1.54, 1.807) is 19.0 Å². The van der Waals surface area contributed by atoms with Crippen LogP contribution in [0.1, 0.15) is 16.8 Å². The zero-order valence-corrected chi connectivity index (χ0v) is 16.5. The SMILES string of the molecule is CN=C1S/C(=C/c2c(C)n(Cc3ccccc3)c3ccccc23)C(=O)N1C. The molecular formula is C22H21N3OS. The van der Waals surface area contributed by atoms with E-state index in [4.69, 9.17) is 0 Å². The summed E-state index contributed by atoms with van der Waals surface area (Å²) in [6, 6.07) is 18.8. The summed E-state index contributed by atoms with van der Waals surface area (Å²) in [7, 11) is 3.48. The van der Waals surface area contributed by atoms with Crippen molar-refractivity contribution in [2.45, 2.75) is 13.5 Å². The van der Waals surface area contributed by atoms with Gasteiger partial charge in [0.1, 0.15) is 0 Å². The Kier molecular flexibility index (Phi) is 4.62. The van der Waals surface area contributed by atoms with Crippen LogP contribution in [-0.2, 0) is 11.3 Å². The minimum absolute atomic E-state index is 0.000101. The number of aliphatic imine (C=N–C) groups is 1. The maximum absolute atomic E-state index is 12.6. The Balaban J connectivity index is 1.84. The van der Waals surface area contributed by atoms with Gasteiger partial charge in [-0.3, -0.25) is 14.7 Å². The number of rotatable bonds is 3. The highest BCUT2D eigenvalue weighted by Gasteiger charge is 2.30. The molecule has 4 nitrogen and oxygen atoms in total. The van der Waals surface area contributed by atoms with Gasteiger partial charge >= 0.3 is 0 Å². The lowest BCUT2D eigenvalue weighted by Gasteiger charge is -2.08. The summed E-state index contributed by atoms with van der Waals surface area (Å²) in [5, 5.41) is 1.90. The highest BCUT2D eigenvalue weighted by molar-refractivity contribution is 8.18. The smallest absolute Gasteiger partial charge is 0.266 e. The number of carbonyl (C=O) groups excluding carboxylic acids is 1. The molecule has 1 aliphatic heterocycles. The van der Waals surface area contributed by atoms with E-state index < -0.39 is 0 Å². The highest BCUT2D eigenvalue weighted by Crippen LogP contribution is 2.35. The van der Waals surface area contributed by atoms with Crippen LogP contribution in [-0.4, -0.2) is 34.6 Å². The Morgan fingerprint density at radius 2 is 1.78 bits per heavy atom. The maximum atomic E-state index is 12.6. The van der Waals surface area contributed by atoms with Crippen LogP contribution in [0.15, 0.2) is 64.5 Å². The summed E-state index contributed by atoms with van der Waals surface area (Å²) in [4.78, 5) is 19.1. The fraction of sp³-hybridized carbons (Fsp3) is 0.182. The zero-order chi connectivity index (χ0) is 19.0. The van der Waals surface area contributed by atoms with E-state index in [1.165, 1.54) is 22.8 Å². The van der Waals surface area contributed by atoms with E-state index in [1.807, 2.05) is 18.2 Å². The van der Waals surface area contributed by atoms with Crippen molar-refractivity contribution in [3.05, 3.63) is 76.3 Å². The fourth-order valence-electron chi connectivity index (χ4n) is 3.49. The molecule has 0 bridgehead atoms. The number of amides is 1. The number of aromatic nitrogens is 1. The molecule has 5 heteroatoms. The van der Waals surface area contributed by atoms with E-state index in [-0.39, 0.29) is 5.91 Å². The maximum Gasteiger partial charge on any atom is 0.266 e. The molecule has 4 rings (SSSR count). The predicted molar refractivity (Wildman–Crippen MR) is 114 cm³/mol. The van der Waals surface area contributed by atoms with Crippen LogP contribution in [0.2, 0.25) is 0 Å². The van der Waals surface area contributed by atoms with Gasteiger partial charge in [-0.1, -0.05) is 48.5 Å². The molecule has 1 amide bonds. The number of carbonyl (C=O) groups is 1. The second-order valence-electron chi connectivity index (χ2n) is 6.57. The molecule has 2 heterocycles. The number of benzene rings is 2. The summed E-state index contributed by atoms with van der Waals surface area (Å²) in [5.41, 5.74) is 4.69. The van der Waals surface area contributed by atoms with Crippen LogP contribution in [0.25, 0.3) is 17.0 Å². The first kappa shape index (κ1) is 17.6. The van der Waals surface area contributed by atoms with Gasteiger partial charge in [0.05, 0.1) is 4.91 Å². The lowest BCUT2D eigenvalue weighted by molar-refractivity contribution is -0.121. The molecule has 1 fully saturated rings. The second-order valence-corrected chi connectivity index (χ2v) is 7.58. The van der Waals surface area contributed by atoms with Gasteiger partial charge in [0.15, 0.2) is 5.17 Å². The van der Waals surface area contributed by atoms with Crippen molar-refractivity contribution < 1.29 is 4.79 Å². The third-order valence-electron chi connectivity index (χ3n) is 4.93. The van der Waals surface area contributed by atoms with E-state index in [2.05, 4.69) is 58.9 Å². The van der Waals surface area contributed by atoms with Crippen molar-refractivity contribution in [3.63, 3.8) is 0 Å². The van der Waals surface area contributed by atoms with Crippen LogP contribution in [0, 0.1) is 6.92 Å². The molecule has 0 N–H and O–H groups in total. The molecule has 2 aromatic carbocycles. The largest absolute Gasteiger partial charge is 0.340 e. The quantitative estimate of drug-likeness (QED) is 0.631. The standard InChI is InChI=1S/C22H21N3OS/c1-15-18(13-20-21(26)24(3)22(23-2)27-20)17-11-7-8-12-19(17)25(15)14-16-9-5-4-6-10-16/h4-13H,14H2,1-3H3/b20-13+,23-22?. The van der Waals surface area contributed by atoms with E-state index >= 15 is 0 Å². The predicted octanol–water partition coefficient (Wildman–Crippen LogP) is 4.53. The van der Waals surface area contributed by atoms with Gasteiger partial charge in [-0.05, 0) is 36.4 Å². The van der Waals surface area contributed by atoms with Crippen LogP contribution in [0.3, 0.4) is 0 Å². The zero-order valence-electron chi connectivity index (χ0n) is 15.6. The monoisotopic (exact) mass is 375 g/mol. The molecule has 0 unspecified atom stereocenters. The molecule has 1 aliphatic rings. The number of fused-ring (bicyclic) bond motifs is 1. The van der Waals surface area contributed by atoms with Gasteiger partial charge in [-0.25, -0.2) is 0 Å². The van der Waals surface area contributed by atoms with Crippen molar-refractivity contribution in [2.24, 2.45) is 4.99 Å². The molecule has 0 saturated carbocycles. The molecule has 1 aromatic heterocycles. The molecule has 27 heavy (non-hydrogen) atoms. The molecular weight excluding hydrogens is 354 g/mol. The van der Waals surface area contributed by atoms with Crippen LogP contribution in [0.5, 0.6) is 0 Å². The summed E-state index contributed by atoms with van der Waals surface area (Å²) < 4.78 is 2.32. The Bertz CT molecular complexity index is 1080. The number of amidine groups is 1. The summed E-state index contributed by atoms with van der Waals surface area (Å²) >= 11 is 1.43. The Hall–Kier alpha value is -2.79. The Morgan fingerprint density at radius 1 is 1.07 bits per heavy atom. The lowest BCUT2D eigenvalue weighted by Crippen LogP contribution is -2.23. The molecule has 0 radical (unpaired) electrons. The van der Waals surface area contributed by atoms with Crippen LogP contribution < -0.4 is 0 Å². The summed E-state index contributed by atoms with van der Waals surface area (Å²) in [5.74, 6) is -0.000101. The highest BCUT2D eigenvalue weighted by atomic mass is 32.2. The fourth-order valence-corrected chi connectivity index (χ4v) is 4.40. The topological polar surface area (TPSA) is 37.6 Å². The van der Waals surface area contributed by atoms with Gasteiger partial charge in [0.2, 0.25) is 0 Å². The first-order valence-corrected chi connectivity index (χ1v) is 9.68. The van der Waals surface area contributed by atoms with E-state index in [0.717, 1.165) is 28.4 Å². The molecule has 0 aliphatic carbocycles. The average molecular weight is 375 g/mol. The normalized spacial score (nSPS) is 17.6. The van der Waals surface area contributed by atoms with E-state index in [9.17, 15) is 4.79 Å². The molecule has 136 valence electrons. The minimum Gasteiger partial charge on any atom is -0.340 e. The Labute approximate surface area is 163 Å². The van der Waals surface area contributed by atoms with Crippen molar-refractivity contribution >= 4 is 39.8 Å². The molecule has 1 saturated heterocycles. The minimum atomic E-state index is -0.000101. The molecule has 3 aromatic rings. The Morgan fingerprint density at radius 3 is 2.48 bits per heavy atom. The van der Waals surface area contributed by atoms with Crippen molar-refractivity contribution in [1.29, 1.82) is 0 Å². The third-order valence-corrected chi connectivity index (χ3v) is 6.08. The number of thioether (sulfide) groups is 1. The van der Waals surface area contributed by atoms with Gasteiger partial charge in [0.25, 0.3) is 5.91 Å². The number of likely N-dealkylation sites (N-methyl/N-ethyl adjacent to an activating group) is 1. The molecule has 0 spiro atoms. The van der Waals surface area contributed by atoms with Gasteiger partial charge in [-0.15, -0.1) is 0 Å². The average Bonchev–Trinajstić information content (AvgIpc) is 3.12. The van der Waals surface area contributed by atoms with Crippen LogP contribution >= 0.6 is 11.8 Å². The van der Waals surface area contributed by atoms with Gasteiger partial charge in [-0.2, -0.15) is 0 Å². The van der Waals surface area contributed by atoms with Gasteiger partial charge in [0, 0.05) is 42.8 Å². The van der Waals surface area contributed by atoms with Crippen molar-refractivity contribution in [3.8, 4) is 0 Å². The van der Waals surface area contributed by atoms with Crippen molar-refractivity contribution in [2.75, 3.05) is 14.1 Å². The third kappa shape index (κ3) is 3.08. The van der Waals surface area contributed by atoms with Crippen molar-refractivity contribution in [1.82, 2.24) is 9.47 Å². The second kappa shape index (κ2) is 7.08. The number of hydrogen-bond donors (Lipinski definition) is 0. The number of nitrogens with zero attached hydrogens (tertiary/aromatic N) is 3. The number of para-hydroxylation sites is 1. The molecule has 0 atom stereocenters. The number of hydrogen-bond acceptors (Lipinski definition) is 3. The van der Waals surface area contributed by atoms with E-state index in [0.29, 0.717) is 4.91 Å². The first-order chi connectivity index (χ1) is 13.1. The lowest BCUT2D eigenvalue weighted by atomic mass is 10.1. The van der Waals surface area contributed by atoms with Gasteiger partial charge < -0.3 is 4.57 Å². The summed E-state index contributed by atoms with van der Waals surface area (Å²) in [6.07, 6.45) is 2.01. The first-order valence-electron chi connectivity index (χ1n) is 8.86. The van der Waals surface area contributed by atoms with Crippen LogP contribution in [0.4, 0.5) is 0 Å².